The highest BCUT2D eigenvalue weighted by atomic mass is 79.9. The summed E-state index contributed by atoms with van der Waals surface area (Å²) in [6, 6.07) is 13.9. The fourth-order valence-electron chi connectivity index (χ4n) is 2.25. The molecule has 1 aromatic heterocycles. The van der Waals surface area contributed by atoms with E-state index < -0.39 is 0 Å². The Bertz CT molecular complexity index is 663. The number of hydrogen-bond acceptors (Lipinski definition) is 4. The van der Waals surface area contributed by atoms with Crippen LogP contribution in [0.2, 0.25) is 0 Å². The molecule has 0 unspecified atom stereocenters. The number of nitrogens with zero attached hydrogens (tertiary/aromatic N) is 2. The van der Waals surface area contributed by atoms with E-state index in [1.54, 1.807) is 18.0 Å². The molecule has 1 aliphatic heterocycles. The summed E-state index contributed by atoms with van der Waals surface area (Å²) in [6.45, 7) is 1.27. The molecule has 1 aliphatic rings. The molecule has 3 rings (SSSR count). The molecule has 2 aromatic rings. The lowest BCUT2D eigenvalue weighted by molar-refractivity contribution is -0.137. The van der Waals surface area contributed by atoms with Crippen LogP contribution >= 0.6 is 27.7 Å². The van der Waals surface area contributed by atoms with Gasteiger partial charge in [-0.3, -0.25) is 4.79 Å². The van der Waals surface area contributed by atoms with Crippen molar-refractivity contribution in [2.75, 3.05) is 18.8 Å². The Hall–Kier alpha value is -1.53. The minimum atomic E-state index is 0.0317. The number of benzene rings is 1. The van der Waals surface area contributed by atoms with Gasteiger partial charge in [-0.15, -0.1) is 11.8 Å². The number of carbonyl (C=O) groups excluding carboxylic acids is 1. The van der Waals surface area contributed by atoms with Crippen LogP contribution in [0.3, 0.4) is 0 Å². The molecular weight excluding hydrogens is 376 g/mol. The van der Waals surface area contributed by atoms with E-state index in [4.69, 9.17) is 4.74 Å². The molecular formula is C17H17BrN2O2S. The minimum absolute atomic E-state index is 0.0317. The number of ether oxygens (including phenoxy) is 1. The number of hydrogen-bond donors (Lipinski definition) is 0. The van der Waals surface area contributed by atoms with Gasteiger partial charge in [0.25, 0.3) is 0 Å². The van der Waals surface area contributed by atoms with Gasteiger partial charge < -0.3 is 9.64 Å². The zero-order valence-corrected chi connectivity index (χ0v) is 14.9. The molecule has 0 aliphatic carbocycles. The van der Waals surface area contributed by atoms with Gasteiger partial charge in [0, 0.05) is 11.9 Å². The third-order valence-corrected chi connectivity index (χ3v) is 5.13. The number of amides is 1. The Morgan fingerprint density at radius 3 is 2.78 bits per heavy atom. The summed E-state index contributed by atoms with van der Waals surface area (Å²) in [4.78, 5) is 18.1. The summed E-state index contributed by atoms with van der Waals surface area (Å²) in [5, 5.41) is 0. The van der Waals surface area contributed by atoms with Crippen molar-refractivity contribution < 1.29 is 9.53 Å². The van der Waals surface area contributed by atoms with Crippen LogP contribution in [-0.4, -0.2) is 40.7 Å². The Balaban J connectivity index is 1.37. The molecule has 120 valence electrons. The predicted octanol–water partition coefficient (Wildman–Crippen LogP) is 3.37. The lowest BCUT2D eigenvalue weighted by atomic mass is 10.2. The topological polar surface area (TPSA) is 42.4 Å². The number of thioether (sulfide) groups is 1. The van der Waals surface area contributed by atoms with E-state index in [1.165, 1.54) is 5.56 Å². The maximum Gasteiger partial charge on any atom is 0.232 e. The summed E-state index contributed by atoms with van der Waals surface area (Å²) in [5.41, 5.74) is 1.25. The number of halogens is 1. The number of aromatic nitrogens is 1. The fraction of sp³-hybridized carbons (Fsp3) is 0.294. The summed E-state index contributed by atoms with van der Waals surface area (Å²) < 4.78 is 6.61. The highest BCUT2D eigenvalue weighted by Gasteiger charge is 2.32. The van der Waals surface area contributed by atoms with Gasteiger partial charge in [0.2, 0.25) is 11.8 Å². The number of rotatable bonds is 6. The van der Waals surface area contributed by atoms with Crippen LogP contribution in [0.5, 0.6) is 5.88 Å². The molecule has 0 bridgehead atoms. The molecule has 1 aromatic carbocycles. The van der Waals surface area contributed by atoms with Crippen LogP contribution in [0.1, 0.15) is 5.56 Å². The summed E-state index contributed by atoms with van der Waals surface area (Å²) in [7, 11) is 0. The quantitative estimate of drug-likeness (QED) is 0.755. The van der Waals surface area contributed by atoms with Crippen LogP contribution < -0.4 is 4.74 Å². The highest BCUT2D eigenvalue weighted by molar-refractivity contribution is 9.10. The van der Waals surface area contributed by atoms with Crippen LogP contribution in [0.25, 0.3) is 0 Å². The van der Waals surface area contributed by atoms with E-state index in [9.17, 15) is 4.79 Å². The summed E-state index contributed by atoms with van der Waals surface area (Å²) in [6.07, 6.45) is 1.73. The Morgan fingerprint density at radius 2 is 2.04 bits per heavy atom. The third-order valence-electron chi connectivity index (χ3n) is 3.54. The number of carbonyl (C=O) groups is 1. The molecule has 6 heteroatoms. The van der Waals surface area contributed by atoms with E-state index in [0.717, 1.165) is 10.2 Å². The van der Waals surface area contributed by atoms with Crippen molar-refractivity contribution in [3.63, 3.8) is 0 Å². The Kier molecular flexibility index (Phi) is 5.56. The average molecular weight is 393 g/mol. The van der Waals surface area contributed by atoms with Gasteiger partial charge in [-0.2, -0.15) is 0 Å². The predicted molar refractivity (Wildman–Crippen MR) is 95.5 cm³/mol. The Morgan fingerprint density at radius 1 is 1.26 bits per heavy atom. The lowest BCUT2D eigenvalue weighted by Gasteiger charge is -2.38. The summed E-state index contributed by atoms with van der Waals surface area (Å²) in [5.74, 6) is 2.13. The Labute approximate surface area is 148 Å². The molecule has 2 heterocycles. The molecule has 0 N–H and O–H groups in total. The van der Waals surface area contributed by atoms with Crippen molar-refractivity contribution in [1.82, 2.24) is 9.88 Å². The molecule has 1 amide bonds. The van der Waals surface area contributed by atoms with Gasteiger partial charge >= 0.3 is 0 Å². The van der Waals surface area contributed by atoms with Crippen molar-refractivity contribution in [3.8, 4) is 5.88 Å². The second kappa shape index (κ2) is 7.84. The second-order valence-corrected chi connectivity index (χ2v) is 7.15. The van der Waals surface area contributed by atoms with Crippen molar-refractivity contribution in [2.24, 2.45) is 0 Å². The van der Waals surface area contributed by atoms with Crippen molar-refractivity contribution in [2.45, 2.75) is 11.9 Å². The zero-order valence-electron chi connectivity index (χ0n) is 12.5. The second-order valence-electron chi connectivity index (χ2n) is 5.31. The van der Waals surface area contributed by atoms with Gasteiger partial charge in [0.05, 0.1) is 23.3 Å². The molecule has 0 radical (unpaired) electrons. The molecule has 0 spiro atoms. The fourth-order valence-corrected chi connectivity index (χ4v) is 3.49. The number of likely N-dealkylation sites (tertiary alicyclic amines) is 1. The van der Waals surface area contributed by atoms with E-state index in [2.05, 4.69) is 33.0 Å². The monoisotopic (exact) mass is 392 g/mol. The van der Waals surface area contributed by atoms with E-state index in [-0.39, 0.29) is 12.0 Å². The van der Waals surface area contributed by atoms with Crippen molar-refractivity contribution in [1.29, 1.82) is 0 Å². The van der Waals surface area contributed by atoms with Crippen LogP contribution in [0.4, 0.5) is 0 Å². The van der Waals surface area contributed by atoms with E-state index in [1.807, 2.05) is 35.2 Å². The van der Waals surface area contributed by atoms with Crippen LogP contribution in [0, 0.1) is 0 Å². The largest absolute Gasteiger partial charge is 0.470 e. The summed E-state index contributed by atoms with van der Waals surface area (Å²) >= 11 is 5.05. The van der Waals surface area contributed by atoms with Crippen molar-refractivity contribution in [3.05, 3.63) is 58.7 Å². The van der Waals surface area contributed by atoms with Crippen molar-refractivity contribution >= 4 is 33.6 Å². The first-order valence-electron chi connectivity index (χ1n) is 7.39. The maximum absolute atomic E-state index is 12.1. The number of pyridine rings is 1. The van der Waals surface area contributed by atoms with Gasteiger partial charge in [0.15, 0.2) is 0 Å². The standard InChI is InChI=1S/C17H17BrN2O2S/c18-15-7-4-8-19-17(15)22-14-9-20(10-14)16(21)12-23-11-13-5-2-1-3-6-13/h1-8,14H,9-12H2. The molecule has 23 heavy (non-hydrogen) atoms. The van der Waals surface area contributed by atoms with Gasteiger partial charge in [-0.1, -0.05) is 30.3 Å². The van der Waals surface area contributed by atoms with Crippen LogP contribution in [0.15, 0.2) is 53.1 Å². The van der Waals surface area contributed by atoms with Crippen LogP contribution in [-0.2, 0) is 10.5 Å². The molecule has 4 nitrogen and oxygen atoms in total. The third kappa shape index (κ3) is 4.48. The smallest absolute Gasteiger partial charge is 0.232 e. The highest BCUT2D eigenvalue weighted by Crippen LogP contribution is 2.24. The van der Waals surface area contributed by atoms with Gasteiger partial charge in [0.1, 0.15) is 6.10 Å². The minimum Gasteiger partial charge on any atom is -0.470 e. The van der Waals surface area contributed by atoms with Gasteiger partial charge in [-0.25, -0.2) is 4.98 Å². The molecule has 1 saturated heterocycles. The lowest BCUT2D eigenvalue weighted by Crippen LogP contribution is -2.56. The normalized spacial score (nSPS) is 14.4. The first kappa shape index (κ1) is 16.3. The maximum atomic E-state index is 12.1. The SMILES string of the molecule is O=C(CSCc1ccccc1)N1CC(Oc2ncccc2Br)C1. The molecule has 0 saturated carbocycles. The van der Waals surface area contributed by atoms with E-state index >= 15 is 0 Å². The average Bonchev–Trinajstić information content (AvgIpc) is 2.53. The first-order valence-corrected chi connectivity index (χ1v) is 9.34. The van der Waals surface area contributed by atoms with Gasteiger partial charge in [-0.05, 0) is 33.6 Å². The molecule has 1 fully saturated rings. The van der Waals surface area contributed by atoms with E-state index in [0.29, 0.717) is 24.7 Å². The first-order chi connectivity index (χ1) is 11.2. The zero-order chi connectivity index (χ0) is 16.1. The molecule has 0 atom stereocenters.